The summed E-state index contributed by atoms with van der Waals surface area (Å²) in [4.78, 5) is 9.79. The molecule has 2 fully saturated rings. The summed E-state index contributed by atoms with van der Waals surface area (Å²) in [6.07, 6.45) is 3.95. The highest BCUT2D eigenvalue weighted by molar-refractivity contribution is 14.0. The minimum atomic E-state index is 0. The molecule has 0 saturated carbocycles. The number of rotatable bonds is 5. The third kappa shape index (κ3) is 7.10. The number of nitrogens with one attached hydrogen (secondary N) is 1. The van der Waals surface area contributed by atoms with Crippen molar-refractivity contribution >= 4 is 29.9 Å². The highest BCUT2D eigenvalue weighted by Gasteiger charge is 2.25. The molecule has 1 aromatic carbocycles. The van der Waals surface area contributed by atoms with E-state index in [0.29, 0.717) is 0 Å². The number of morpholine rings is 1. The van der Waals surface area contributed by atoms with E-state index in [9.17, 15) is 0 Å². The number of piperidine rings is 1. The van der Waals surface area contributed by atoms with Crippen LogP contribution in [-0.2, 0) is 4.74 Å². The Bertz CT molecular complexity index is 658. The van der Waals surface area contributed by atoms with Crippen molar-refractivity contribution in [3.05, 3.63) is 34.9 Å². The Morgan fingerprint density at radius 3 is 2.66 bits per heavy atom. The molecule has 2 saturated heterocycles. The van der Waals surface area contributed by atoms with Crippen molar-refractivity contribution < 1.29 is 4.74 Å². The van der Waals surface area contributed by atoms with E-state index in [1.165, 1.54) is 49.0 Å². The molecule has 0 radical (unpaired) electrons. The maximum absolute atomic E-state index is 6.12. The van der Waals surface area contributed by atoms with Crippen LogP contribution >= 0.6 is 24.0 Å². The molecule has 164 valence electrons. The molecule has 2 heterocycles. The number of hydrogen-bond acceptors (Lipinski definition) is 3. The lowest BCUT2D eigenvalue weighted by Gasteiger charge is -2.36. The summed E-state index contributed by atoms with van der Waals surface area (Å²) in [6.45, 7) is 13.3. The Labute approximate surface area is 194 Å². The van der Waals surface area contributed by atoms with Crippen molar-refractivity contribution in [3.63, 3.8) is 0 Å². The fourth-order valence-electron chi connectivity index (χ4n) is 4.35. The third-order valence-corrected chi connectivity index (χ3v) is 6.11. The lowest BCUT2D eigenvalue weighted by molar-refractivity contribution is -0.00834. The number of aliphatic imine (C=N–C) groups is 1. The first-order valence-electron chi connectivity index (χ1n) is 11.0. The molecule has 6 heteroatoms. The van der Waals surface area contributed by atoms with Crippen LogP contribution in [0.25, 0.3) is 0 Å². The minimum absolute atomic E-state index is 0. The van der Waals surface area contributed by atoms with E-state index in [1.54, 1.807) is 0 Å². The lowest BCUT2D eigenvalue weighted by Crippen LogP contribution is -2.48. The van der Waals surface area contributed by atoms with Crippen molar-refractivity contribution in [2.75, 3.05) is 52.9 Å². The second kappa shape index (κ2) is 12.1. The Morgan fingerprint density at radius 1 is 1.21 bits per heavy atom. The molecule has 0 bridgehead atoms. The van der Waals surface area contributed by atoms with Gasteiger partial charge in [0, 0.05) is 19.6 Å². The Balaban J connectivity index is 0.00000300. The second-order valence-corrected chi connectivity index (χ2v) is 8.44. The molecule has 0 aliphatic carbocycles. The van der Waals surface area contributed by atoms with Gasteiger partial charge in [0.15, 0.2) is 5.96 Å². The minimum Gasteiger partial charge on any atom is -0.370 e. The monoisotopic (exact) mass is 514 g/mol. The van der Waals surface area contributed by atoms with Crippen LogP contribution in [0.4, 0.5) is 0 Å². The molecule has 1 N–H and O–H groups in total. The van der Waals surface area contributed by atoms with E-state index in [1.807, 2.05) is 0 Å². The van der Waals surface area contributed by atoms with Gasteiger partial charge < -0.3 is 19.9 Å². The molecule has 2 aliphatic rings. The first-order chi connectivity index (χ1) is 13.6. The zero-order valence-electron chi connectivity index (χ0n) is 18.6. The van der Waals surface area contributed by atoms with Crippen molar-refractivity contribution in [2.45, 2.75) is 46.1 Å². The summed E-state index contributed by atoms with van der Waals surface area (Å²) in [5.41, 5.74) is 3.92. The molecular weight excluding hydrogens is 475 g/mol. The topological polar surface area (TPSA) is 40.1 Å². The molecule has 3 rings (SSSR count). The van der Waals surface area contributed by atoms with Crippen LogP contribution in [0.2, 0.25) is 0 Å². The highest BCUT2D eigenvalue weighted by atomic mass is 127. The summed E-state index contributed by atoms with van der Waals surface area (Å²) in [7, 11) is 2.22. The van der Waals surface area contributed by atoms with Gasteiger partial charge in [-0.2, -0.15) is 0 Å². The van der Waals surface area contributed by atoms with E-state index in [4.69, 9.17) is 9.73 Å². The number of ether oxygens (including phenoxy) is 1. The third-order valence-electron chi connectivity index (χ3n) is 6.11. The Hall–Kier alpha value is -0.860. The van der Waals surface area contributed by atoms with Crippen LogP contribution in [0.1, 0.15) is 49.0 Å². The van der Waals surface area contributed by atoms with E-state index in [-0.39, 0.29) is 30.1 Å². The molecule has 2 aliphatic heterocycles. The van der Waals surface area contributed by atoms with Gasteiger partial charge in [-0.25, -0.2) is 0 Å². The maximum Gasteiger partial charge on any atom is 0.194 e. The van der Waals surface area contributed by atoms with Crippen molar-refractivity contribution in [3.8, 4) is 0 Å². The number of halogens is 1. The van der Waals surface area contributed by atoms with Crippen LogP contribution in [0.15, 0.2) is 23.2 Å². The largest absolute Gasteiger partial charge is 0.370 e. The van der Waals surface area contributed by atoms with Gasteiger partial charge in [-0.3, -0.25) is 4.99 Å². The normalized spacial score (nSPS) is 21.7. The van der Waals surface area contributed by atoms with E-state index in [2.05, 4.69) is 61.1 Å². The van der Waals surface area contributed by atoms with Crippen molar-refractivity contribution in [1.29, 1.82) is 0 Å². The number of likely N-dealkylation sites (tertiary alicyclic amines) is 1. The fourth-order valence-corrected chi connectivity index (χ4v) is 4.35. The van der Waals surface area contributed by atoms with Crippen LogP contribution in [0.5, 0.6) is 0 Å². The molecule has 1 unspecified atom stereocenters. The Morgan fingerprint density at radius 2 is 1.97 bits per heavy atom. The summed E-state index contributed by atoms with van der Waals surface area (Å²) in [6, 6.07) is 6.66. The molecule has 1 atom stereocenters. The maximum atomic E-state index is 6.12. The predicted molar refractivity (Wildman–Crippen MR) is 132 cm³/mol. The predicted octanol–water partition coefficient (Wildman–Crippen LogP) is 3.99. The number of benzene rings is 1. The van der Waals surface area contributed by atoms with Crippen LogP contribution in [0, 0.1) is 19.8 Å². The van der Waals surface area contributed by atoms with Crippen molar-refractivity contribution in [2.24, 2.45) is 10.9 Å². The van der Waals surface area contributed by atoms with Gasteiger partial charge in [-0.1, -0.05) is 23.8 Å². The van der Waals surface area contributed by atoms with Crippen LogP contribution < -0.4 is 5.32 Å². The van der Waals surface area contributed by atoms with Gasteiger partial charge in [0.05, 0.1) is 13.2 Å². The molecule has 0 amide bonds. The molecule has 1 aromatic rings. The van der Waals surface area contributed by atoms with Gasteiger partial charge in [0.2, 0.25) is 0 Å². The standard InChI is InChI=1S/C23H38N4O.HI/c1-5-24-23(25-11-8-20-9-12-26(4)13-10-20)27-14-15-28-22(17-27)21-7-6-18(2)16-19(21)3;/h6-7,16,20,22H,5,8-15,17H2,1-4H3,(H,24,25);1H. The molecular formula is C23H39IN4O. The zero-order chi connectivity index (χ0) is 19.9. The SMILES string of the molecule is CCNC(=NCCC1CCN(C)CC1)N1CCOC(c2ccc(C)cc2C)C1.I. The van der Waals surface area contributed by atoms with E-state index in [0.717, 1.165) is 44.7 Å². The highest BCUT2D eigenvalue weighted by Crippen LogP contribution is 2.26. The lowest BCUT2D eigenvalue weighted by atomic mass is 9.94. The van der Waals surface area contributed by atoms with Crippen molar-refractivity contribution in [1.82, 2.24) is 15.1 Å². The smallest absolute Gasteiger partial charge is 0.194 e. The van der Waals surface area contributed by atoms with Gasteiger partial charge >= 0.3 is 0 Å². The molecule has 0 aromatic heterocycles. The van der Waals surface area contributed by atoms with Gasteiger partial charge in [0.1, 0.15) is 6.10 Å². The molecule has 0 spiro atoms. The van der Waals surface area contributed by atoms with Gasteiger partial charge in [-0.05, 0) is 77.2 Å². The van der Waals surface area contributed by atoms with E-state index >= 15 is 0 Å². The first kappa shape index (κ1) is 24.4. The van der Waals surface area contributed by atoms with Crippen LogP contribution in [0.3, 0.4) is 0 Å². The summed E-state index contributed by atoms with van der Waals surface area (Å²) in [5.74, 6) is 1.88. The summed E-state index contributed by atoms with van der Waals surface area (Å²) in [5, 5.41) is 3.51. The molecule has 29 heavy (non-hydrogen) atoms. The molecule has 5 nitrogen and oxygen atoms in total. The van der Waals surface area contributed by atoms with Crippen LogP contribution in [-0.4, -0.2) is 68.7 Å². The van der Waals surface area contributed by atoms with E-state index < -0.39 is 0 Å². The number of aryl methyl sites for hydroxylation is 2. The number of hydrogen-bond donors (Lipinski definition) is 1. The number of nitrogens with zero attached hydrogens (tertiary/aromatic N) is 3. The average molecular weight is 514 g/mol. The number of guanidine groups is 1. The summed E-state index contributed by atoms with van der Waals surface area (Å²) < 4.78 is 6.12. The zero-order valence-corrected chi connectivity index (χ0v) is 20.9. The van der Waals surface area contributed by atoms with Gasteiger partial charge in [-0.15, -0.1) is 24.0 Å². The first-order valence-corrected chi connectivity index (χ1v) is 11.0. The fraction of sp³-hybridized carbons (Fsp3) is 0.696. The van der Waals surface area contributed by atoms with Gasteiger partial charge in [0.25, 0.3) is 0 Å². The quantitative estimate of drug-likeness (QED) is 0.367. The average Bonchev–Trinajstić information content (AvgIpc) is 2.69. The Kier molecular flexibility index (Phi) is 10.2. The second-order valence-electron chi connectivity index (χ2n) is 8.44. The summed E-state index contributed by atoms with van der Waals surface area (Å²) >= 11 is 0.